The summed E-state index contributed by atoms with van der Waals surface area (Å²) in [5.74, 6) is -2.44. The molecule has 0 aliphatic heterocycles. The fourth-order valence-electron chi connectivity index (χ4n) is 2.17. The second-order valence-electron chi connectivity index (χ2n) is 5.21. The van der Waals surface area contributed by atoms with Crippen molar-refractivity contribution in [2.24, 2.45) is 5.92 Å². The molecule has 1 unspecified atom stereocenters. The van der Waals surface area contributed by atoms with Gasteiger partial charge in [0.05, 0.1) is 28.8 Å². The van der Waals surface area contributed by atoms with Gasteiger partial charge in [0.2, 0.25) is 10.0 Å². The van der Waals surface area contributed by atoms with Crippen LogP contribution in [0.25, 0.3) is 0 Å². The van der Waals surface area contributed by atoms with Gasteiger partial charge < -0.3 is 15.6 Å². The van der Waals surface area contributed by atoms with E-state index in [-0.39, 0.29) is 23.0 Å². The van der Waals surface area contributed by atoms with Crippen molar-refractivity contribution in [1.82, 2.24) is 0 Å². The Morgan fingerprint density at radius 2 is 2.18 bits per heavy atom. The van der Waals surface area contributed by atoms with E-state index in [1.807, 2.05) is 0 Å². The molecule has 0 spiro atoms. The maximum atomic E-state index is 13.4. The van der Waals surface area contributed by atoms with Gasteiger partial charge in [0.25, 0.3) is 0 Å². The van der Waals surface area contributed by atoms with Gasteiger partial charge in [-0.2, -0.15) is 0 Å². The molecule has 1 aromatic carbocycles. The fraction of sp³-hybridized carbons (Fsp3) is 0.462. The number of nitrogens with two attached hydrogens (primary N) is 1. The summed E-state index contributed by atoms with van der Waals surface area (Å²) < 4.78 is 45.0. The van der Waals surface area contributed by atoms with Crippen molar-refractivity contribution in [3.05, 3.63) is 23.5 Å². The number of anilines is 2. The molecule has 1 saturated carbocycles. The number of methoxy groups -OCH3 is 1. The van der Waals surface area contributed by atoms with Crippen LogP contribution in [0.2, 0.25) is 0 Å². The van der Waals surface area contributed by atoms with Crippen molar-refractivity contribution < 1.29 is 27.4 Å². The number of aromatic carboxylic acids is 1. The van der Waals surface area contributed by atoms with Crippen LogP contribution in [0.5, 0.6) is 0 Å². The van der Waals surface area contributed by atoms with Crippen molar-refractivity contribution in [1.29, 1.82) is 0 Å². The number of halogens is 1. The quantitative estimate of drug-likeness (QED) is 0.647. The van der Waals surface area contributed by atoms with Crippen LogP contribution in [0.4, 0.5) is 15.8 Å². The third-order valence-electron chi connectivity index (χ3n) is 3.47. The Hall–Kier alpha value is -1.87. The van der Waals surface area contributed by atoms with E-state index in [4.69, 9.17) is 15.6 Å². The van der Waals surface area contributed by atoms with Gasteiger partial charge in [-0.1, -0.05) is 0 Å². The van der Waals surface area contributed by atoms with Crippen molar-refractivity contribution >= 4 is 27.4 Å². The van der Waals surface area contributed by atoms with Crippen molar-refractivity contribution in [2.75, 3.05) is 23.3 Å². The maximum absolute atomic E-state index is 13.4. The summed E-state index contributed by atoms with van der Waals surface area (Å²) in [6.07, 6.45) is 1.35. The van der Waals surface area contributed by atoms with Crippen LogP contribution in [-0.4, -0.2) is 38.5 Å². The number of nitrogen functional groups attached to an aromatic ring is 1. The summed E-state index contributed by atoms with van der Waals surface area (Å²) in [5.41, 5.74) is 4.47. The molecule has 0 amide bonds. The molecule has 1 atom stereocenters. The normalized spacial score (nSPS) is 16.3. The molecule has 2 rings (SSSR count). The molecule has 22 heavy (non-hydrogen) atoms. The summed E-state index contributed by atoms with van der Waals surface area (Å²) in [5, 5.41) is 8.93. The first-order valence-corrected chi connectivity index (χ1v) is 8.24. The van der Waals surface area contributed by atoms with E-state index in [0.717, 1.165) is 25.0 Å². The molecule has 1 fully saturated rings. The van der Waals surface area contributed by atoms with E-state index in [2.05, 4.69) is 4.72 Å². The third kappa shape index (κ3) is 3.86. The van der Waals surface area contributed by atoms with Gasteiger partial charge in [0, 0.05) is 13.2 Å². The molecule has 4 N–H and O–H groups in total. The Labute approximate surface area is 127 Å². The average molecular weight is 332 g/mol. The van der Waals surface area contributed by atoms with Crippen LogP contribution in [0.15, 0.2) is 12.1 Å². The van der Waals surface area contributed by atoms with Crippen LogP contribution in [-0.2, 0) is 14.8 Å². The largest absolute Gasteiger partial charge is 0.478 e. The van der Waals surface area contributed by atoms with Gasteiger partial charge in [-0.05, 0) is 24.8 Å². The van der Waals surface area contributed by atoms with Gasteiger partial charge in [-0.3, -0.25) is 4.72 Å². The predicted molar refractivity (Wildman–Crippen MR) is 78.7 cm³/mol. The van der Waals surface area contributed by atoms with E-state index in [1.54, 1.807) is 0 Å². The number of carboxylic acid groups (broad SMARTS) is 1. The zero-order chi connectivity index (χ0) is 16.5. The molecule has 1 aromatic rings. The van der Waals surface area contributed by atoms with Crippen LogP contribution in [0.3, 0.4) is 0 Å². The number of hydrogen-bond donors (Lipinski definition) is 3. The topological polar surface area (TPSA) is 119 Å². The maximum Gasteiger partial charge on any atom is 0.337 e. The molecule has 122 valence electrons. The molecule has 9 heteroatoms. The summed E-state index contributed by atoms with van der Waals surface area (Å²) in [6, 6.07) is 1.58. The highest BCUT2D eigenvalue weighted by Crippen LogP contribution is 2.35. The minimum atomic E-state index is -3.85. The third-order valence-corrected chi connectivity index (χ3v) is 4.77. The number of hydrogen-bond acceptors (Lipinski definition) is 5. The number of benzene rings is 1. The number of sulfonamides is 1. The molecule has 0 heterocycles. The second-order valence-corrected chi connectivity index (χ2v) is 6.98. The first-order valence-electron chi connectivity index (χ1n) is 6.59. The minimum absolute atomic E-state index is 0.195. The zero-order valence-corrected chi connectivity index (χ0v) is 12.7. The lowest BCUT2D eigenvalue weighted by Gasteiger charge is -2.17. The van der Waals surface area contributed by atoms with E-state index in [1.165, 1.54) is 7.11 Å². The van der Waals surface area contributed by atoms with Gasteiger partial charge in [-0.25, -0.2) is 17.6 Å². The van der Waals surface area contributed by atoms with E-state index >= 15 is 0 Å². The Morgan fingerprint density at radius 3 is 2.68 bits per heavy atom. The molecule has 0 saturated heterocycles. The predicted octanol–water partition coefficient (Wildman–Crippen LogP) is 1.27. The van der Waals surface area contributed by atoms with Crippen molar-refractivity contribution in [3.63, 3.8) is 0 Å². The molecule has 1 aliphatic carbocycles. The van der Waals surface area contributed by atoms with Crippen LogP contribution in [0.1, 0.15) is 23.2 Å². The van der Waals surface area contributed by atoms with Crippen molar-refractivity contribution in [3.8, 4) is 0 Å². The van der Waals surface area contributed by atoms with Crippen LogP contribution < -0.4 is 10.5 Å². The van der Waals surface area contributed by atoms with Gasteiger partial charge in [0.1, 0.15) is 5.82 Å². The monoisotopic (exact) mass is 332 g/mol. The highest BCUT2D eigenvalue weighted by molar-refractivity contribution is 7.92. The Bertz CT molecular complexity index is 688. The van der Waals surface area contributed by atoms with E-state index < -0.39 is 33.5 Å². The lowest BCUT2D eigenvalue weighted by Crippen LogP contribution is -2.29. The Kier molecular flexibility index (Phi) is 4.57. The number of nitrogens with one attached hydrogen (secondary N) is 1. The molecular formula is C13H17FN2O5S. The van der Waals surface area contributed by atoms with Crippen molar-refractivity contribution in [2.45, 2.75) is 18.9 Å². The van der Waals surface area contributed by atoms with Gasteiger partial charge in [-0.15, -0.1) is 0 Å². The van der Waals surface area contributed by atoms with Gasteiger partial charge in [0.15, 0.2) is 0 Å². The summed E-state index contributed by atoms with van der Waals surface area (Å²) in [4.78, 5) is 11.0. The number of rotatable bonds is 7. The Balaban J connectivity index is 2.23. The number of carbonyl (C=O) groups is 1. The van der Waals surface area contributed by atoms with E-state index in [9.17, 15) is 17.6 Å². The Morgan fingerprint density at radius 1 is 1.55 bits per heavy atom. The molecule has 0 bridgehead atoms. The second kappa shape index (κ2) is 6.09. The SMILES string of the molecule is COC(CS(=O)(=O)Nc1cc(F)cc(C(=O)O)c1N)C1CC1. The molecular weight excluding hydrogens is 315 g/mol. The highest BCUT2D eigenvalue weighted by atomic mass is 32.2. The molecule has 1 aliphatic rings. The standard InChI is InChI=1S/C13H17FN2O5S/c1-21-11(7-2-3-7)6-22(19,20)16-10-5-8(14)4-9(12(10)15)13(17)18/h4-5,7,11,16H,2-3,6,15H2,1H3,(H,17,18). The average Bonchev–Trinajstić information content (AvgIpc) is 3.23. The van der Waals surface area contributed by atoms with E-state index in [0.29, 0.717) is 0 Å². The first-order chi connectivity index (χ1) is 10.2. The lowest BCUT2D eigenvalue weighted by molar-refractivity contribution is 0.0697. The van der Waals surface area contributed by atoms with Crippen LogP contribution in [0, 0.1) is 11.7 Å². The zero-order valence-electron chi connectivity index (χ0n) is 11.9. The molecule has 0 radical (unpaired) electrons. The van der Waals surface area contributed by atoms with Crippen LogP contribution >= 0.6 is 0 Å². The summed E-state index contributed by atoms with van der Waals surface area (Å²) in [7, 11) is -2.42. The fourth-order valence-corrected chi connectivity index (χ4v) is 3.60. The first kappa shape index (κ1) is 16.5. The van der Waals surface area contributed by atoms with Gasteiger partial charge >= 0.3 is 5.97 Å². The molecule has 0 aromatic heterocycles. The lowest BCUT2D eigenvalue weighted by atomic mass is 10.1. The summed E-state index contributed by atoms with van der Waals surface area (Å²) in [6.45, 7) is 0. The smallest absolute Gasteiger partial charge is 0.337 e. The molecule has 7 nitrogen and oxygen atoms in total. The summed E-state index contributed by atoms with van der Waals surface area (Å²) >= 11 is 0. The number of carboxylic acids is 1. The minimum Gasteiger partial charge on any atom is -0.478 e. The number of ether oxygens (including phenoxy) is 1. The highest BCUT2D eigenvalue weighted by Gasteiger charge is 2.34.